The van der Waals surface area contributed by atoms with E-state index in [9.17, 15) is 13.2 Å². The first kappa shape index (κ1) is 13.1. The Labute approximate surface area is 113 Å². The summed E-state index contributed by atoms with van der Waals surface area (Å²) in [5.41, 5.74) is 0. The van der Waals surface area contributed by atoms with Gasteiger partial charge in [0.15, 0.2) is 0 Å². The SMILES string of the molecule is CC(Nc1nc(C(F)(F)F)ns1)C1CC2CCC1C2. The van der Waals surface area contributed by atoms with Crippen LogP contribution in [-0.2, 0) is 6.18 Å². The molecule has 2 saturated carbocycles. The van der Waals surface area contributed by atoms with E-state index in [1.807, 2.05) is 6.92 Å². The number of alkyl halides is 3. The van der Waals surface area contributed by atoms with Gasteiger partial charge in [0, 0.05) is 17.6 Å². The average molecular weight is 291 g/mol. The summed E-state index contributed by atoms with van der Waals surface area (Å²) in [4.78, 5) is 3.53. The molecule has 4 unspecified atom stereocenters. The summed E-state index contributed by atoms with van der Waals surface area (Å²) in [6.45, 7) is 2.04. The van der Waals surface area contributed by atoms with Gasteiger partial charge in [-0.15, -0.1) is 0 Å². The highest BCUT2D eigenvalue weighted by atomic mass is 32.1. The predicted molar refractivity (Wildman–Crippen MR) is 66.9 cm³/mol. The van der Waals surface area contributed by atoms with Gasteiger partial charge in [-0.2, -0.15) is 22.5 Å². The normalized spacial score (nSPS) is 31.7. The molecule has 0 spiro atoms. The first-order chi connectivity index (χ1) is 8.93. The van der Waals surface area contributed by atoms with Crippen LogP contribution in [0.3, 0.4) is 0 Å². The quantitative estimate of drug-likeness (QED) is 0.920. The maximum Gasteiger partial charge on any atom is 0.452 e. The van der Waals surface area contributed by atoms with E-state index in [4.69, 9.17) is 0 Å². The lowest BCUT2D eigenvalue weighted by Crippen LogP contribution is -2.29. The number of halogens is 3. The molecule has 3 nitrogen and oxygen atoms in total. The molecule has 0 radical (unpaired) electrons. The number of nitrogens with zero attached hydrogens (tertiary/aromatic N) is 2. The molecule has 2 aliphatic carbocycles. The second kappa shape index (κ2) is 4.61. The summed E-state index contributed by atoms with van der Waals surface area (Å²) >= 11 is 0.791. The minimum atomic E-state index is -4.45. The zero-order valence-corrected chi connectivity index (χ0v) is 11.4. The van der Waals surface area contributed by atoms with Crippen molar-refractivity contribution >= 4 is 16.7 Å². The van der Waals surface area contributed by atoms with Crippen LogP contribution in [0.5, 0.6) is 0 Å². The summed E-state index contributed by atoms with van der Waals surface area (Å²) < 4.78 is 40.6. The molecule has 19 heavy (non-hydrogen) atoms. The van der Waals surface area contributed by atoms with E-state index in [1.54, 1.807) is 0 Å². The molecule has 0 amide bonds. The third kappa shape index (κ3) is 2.57. The van der Waals surface area contributed by atoms with Crippen molar-refractivity contribution in [3.05, 3.63) is 5.82 Å². The average Bonchev–Trinajstić information content (AvgIpc) is 3.02. The Morgan fingerprint density at radius 3 is 2.63 bits per heavy atom. The highest BCUT2D eigenvalue weighted by Crippen LogP contribution is 2.49. The fourth-order valence-corrected chi connectivity index (χ4v) is 4.29. The fourth-order valence-electron chi connectivity index (χ4n) is 3.61. The van der Waals surface area contributed by atoms with Crippen molar-refractivity contribution in [2.45, 2.75) is 44.8 Å². The van der Waals surface area contributed by atoms with Crippen molar-refractivity contribution < 1.29 is 13.2 Å². The van der Waals surface area contributed by atoms with Gasteiger partial charge in [0.25, 0.3) is 0 Å². The molecule has 1 heterocycles. The molecular weight excluding hydrogens is 275 g/mol. The highest BCUT2D eigenvalue weighted by Gasteiger charge is 2.42. The van der Waals surface area contributed by atoms with Crippen molar-refractivity contribution in [3.8, 4) is 0 Å². The van der Waals surface area contributed by atoms with Gasteiger partial charge in [0.1, 0.15) is 0 Å². The van der Waals surface area contributed by atoms with E-state index < -0.39 is 12.0 Å². The highest BCUT2D eigenvalue weighted by molar-refractivity contribution is 7.09. The molecule has 106 valence electrons. The molecule has 0 aliphatic heterocycles. The maximum absolute atomic E-state index is 12.4. The number of aromatic nitrogens is 2. The molecule has 4 atom stereocenters. The number of nitrogens with one attached hydrogen (secondary N) is 1. The van der Waals surface area contributed by atoms with E-state index in [0.717, 1.165) is 23.4 Å². The largest absolute Gasteiger partial charge is 0.452 e. The van der Waals surface area contributed by atoms with Crippen molar-refractivity contribution in [1.29, 1.82) is 0 Å². The second-order valence-electron chi connectivity index (χ2n) is 5.69. The zero-order chi connectivity index (χ0) is 13.6. The minimum absolute atomic E-state index is 0.171. The molecule has 0 aromatic carbocycles. The van der Waals surface area contributed by atoms with E-state index in [1.165, 1.54) is 25.7 Å². The fraction of sp³-hybridized carbons (Fsp3) is 0.833. The van der Waals surface area contributed by atoms with Crippen LogP contribution in [0.4, 0.5) is 18.3 Å². The van der Waals surface area contributed by atoms with Crippen molar-refractivity contribution in [2.75, 3.05) is 5.32 Å². The Morgan fingerprint density at radius 1 is 1.32 bits per heavy atom. The molecule has 2 bridgehead atoms. The lowest BCUT2D eigenvalue weighted by Gasteiger charge is -2.28. The number of anilines is 1. The van der Waals surface area contributed by atoms with Crippen molar-refractivity contribution in [2.24, 2.45) is 17.8 Å². The molecule has 0 saturated heterocycles. The van der Waals surface area contributed by atoms with Gasteiger partial charge >= 0.3 is 6.18 Å². The molecule has 2 fully saturated rings. The van der Waals surface area contributed by atoms with Crippen LogP contribution >= 0.6 is 11.5 Å². The summed E-state index contributed by atoms with van der Waals surface area (Å²) in [5, 5.41) is 3.39. The van der Waals surface area contributed by atoms with Gasteiger partial charge in [-0.25, -0.2) is 0 Å². The molecule has 2 aliphatic rings. The zero-order valence-electron chi connectivity index (χ0n) is 10.6. The number of hydrogen-bond acceptors (Lipinski definition) is 4. The Morgan fingerprint density at radius 2 is 2.11 bits per heavy atom. The summed E-state index contributed by atoms with van der Waals surface area (Å²) in [5.74, 6) is 1.10. The monoisotopic (exact) mass is 291 g/mol. The smallest absolute Gasteiger partial charge is 0.358 e. The van der Waals surface area contributed by atoms with Gasteiger partial charge in [-0.3, -0.25) is 0 Å². The summed E-state index contributed by atoms with van der Waals surface area (Å²) in [7, 11) is 0. The standard InChI is InChI=1S/C12H16F3N3S/c1-6(9-5-7-2-3-8(9)4-7)16-11-17-10(18-19-11)12(13,14)15/h6-9H,2-5H2,1H3,(H,16,17,18). The number of hydrogen-bond donors (Lipinski definition) is 1. The Hall–Kier alpha value is -0.850. The Bertz CT molecular complexity index is 459. The third-order valence-electron chi connectivity index (χ3n) is 4.47. The van der Waals surface area contributed by atoms with E-state index in [2.05, 4.69) is 14.7 Å². The second-order valence-corrected chi connectivity index (χ2v) is 6.44. The van der Waals surface area contributed by atoms with Crippen LogP contribution in [0.25, 0.3) is 0 Å². The van der Waals surface area contributed by atoms with Crippen molar-refractivity contribution in [3.63, 3.8) is 0 Å². The number of rotatable bonds is 3. The van der Waals surface area contributed by atoms with Gasteiger partial charge in [0.05, 0.1) is 0 Å². The lowest BCUT2D eigenvalue weighted by atomic mass is 9.84. The van der Waals surface area contributed by atoms with E-state index in [0.29, 0.717) is 5.92 Å². The molecule has 1 aromatic heterocycles. The molecule has 3 rings (SSSR count). The molecular formula is C12H16F3N3S. The molecule has 7 heteroatoms. The first-order valence-electron chi connectivity index (χ1n) is 6.61. The van der Waals surface area contributed by atoms with Crippen LogP contribution in [0.15, 0.2) is 0 Å². The van der Waals surface area contributed by atoms with Crippen molar-refractivity contribution in [1.82, 2.24) is 9.36 Å². The first-order valence-corrected chi connectivity index (χ1v) is 7.38. The number of fused-ring (bicyclic) bond motifs is 2. The van der Waals surface area contributed by atoms with Crippen LogP contribution in [0, 0.1) is 17.8 Å². The maximum atomic E-state index is 12.4. The van der Waals surface area contributed by atoms with Gasteiger partial charge < -0.3 is 5.32 Å². The molecule has 1 N–H and O–H groups in total. The Kier molecular flexibility index (Phi) is 3.19. The van der Waals surface area contributed by atoms with Gasteiger partial charge in [-0.05, 0) is 43.9 Å². The van der Waals surface area contributed by atoms with Gasteiger partial charge in [-0.1, -0.05) is 6.42 Å². The third-order valence-corrected chi connectivity index (χ3v) is 5.11. The minimum Gasteiger partial charge on any atom is -0.358 e. The topological polar surface area (TPSA) is 37.8 Å². The van der Waals surface area contributed by atoms with Crippen LogP contribution < -0.4 is 5.32 Å². The summed E-state index contributed by atoms with van der Waals surface area (Å²) in [6.07, 6.45) is 0.632. The van der Waals surface area contributed by atoms with Gasteiger partial charge in [0.2, 0.25) is 11.0 Å². The summed E-state index contributed by atoms with van der Waals surface area (Å²) in [6, 6.07) is 0.171. The van der Waals surface area contributed by atoms with E-state index in [-0.39, 0.29) is 11.2 Å². The van der Waals surface area contributed by atoms with Crippen LogP contribution in [0.1, 0.15) is 38.4 Å². The van der Waals surface area contributed by atoms with E-state index >= 15 is 0 Å². The van der Waals surface area contributed by atoms with Crippen LogP contribution in [0.2, 0.25) is 0 Å². The lowest BCUT2D eigenvalue weighted by molar-refractivity contribution is -0.144. The molecule has 1 aromatic rings. The predicted octanol–water partition coefficient (Wildman–Crippen LogP) is 3.79. The Balaban J connectivity index is 1.63. The van der Waals surface area contributed by atoms with Crippen LogP contribution in [-0.4, -0.2) is 15.4 Å².